The zero-order valence-corrected chi connectivity index (χ0v) is 12.2. The van der Waals surface area contributed by atoms with Gasteiger partial charge in [-0.25, -0.2) is 4.98 Å². The van der Waals surface area contributed by atoms with Crippen LogP contribution in [0.15, 0.2) is 54.6 Å². The SMILES string of the molecule is CC(Cc1nc2ccccc2s1)C(O)c1ccccc1. The average Bonchev–Trinajstić information content (AvgIpc) is 2.89. The Morgan fingerprint density at radius 1 is 1.05 bits per heavy atom. The van der Waals surface area contributed by atoms with Crippen molar-refractivity contribution < 1.29 is 5.11 Å². The molecule has 1 heterocycles. The standard InChI is InChI=1S/C17H17NOS/c1-12(17(19)13-7-3-2-4-8-13)11-16-18-14-9-5-6-10-15(14)20-16/h2-10,12,17,19H,11H2,1H3. The number of rotatable bonds is 4. The number of nitrogens with zero attached hydrogens (tertiary/aromatic N) is 1. The van der Waals surface area contributed by atoms with Crippen molar-refractivity contribution in [3.8, 4) is 0 Å². The molecule has 0 bridgehead atoms. The maximum Gasteiger partial charge on any atom is 0.0942 e. The van der Waals surface area contributed by atoms with E-state index in [1.54, 1.807) is 11.3 Å². The fourth-order valence-electron chi connectivity index (χ4n) is 2.37. The van der Waals surface area contributed by atoms with E-state index in [-0.39, 0.29) is 5.92 Å². The molecule has 0 radical (unpaired) electrons. The van der Waals surface area contributed by atoms with Gasteiger partial charge in [-0.1, -0.05) is 49.4 Å². The van der Waals surface area contributed by atoms with Crippen LogP contribution in [0.5, 0.6) is 0 Å². The van der Waals surface area contributed by atoms with Crippen LogP contribution >= 0.6 is 11.3 Å². The molecule has 0 saturated heterocycles. The van der Waals surface area contributed by atoms with Gasteiger partial charge in [0.25, 0.3) is 0 Å². The summed E-state index contributed by atoms with van der Waals surface area (Å²) in [6.45, 7) is 2.07. The molecule has 2 unspecified atom stereocenters. The van der Waals surface area contributed by atoms with Gasteiger partial charge in [-0.05, 0) is 23.6 Å². The van der Waals surface area contributed by atoms with E-state index in [4.69, 9.17) is 0 Å². The minimum Gasteiger partial charge on any atom is -0.388 e. The lowest BCUT2D eigenvalue weighted by molar-refractivity contribution is 0.117. The first-order chi connectivity index (χ1) is 9.74. The quantitative estimate of drug-likeness (QED) is 0.778. The Kier molecular flexibility index (Phi) is 3.81. The molecule has 102 valence electrons. The van der Waals surface area contributed by atoms with E-state index in [1.165, 1.54) is 4.70 Å². The van der Waals surface area contributed by atoms with E-state index in [0.29, 0.717) is 0 Å². The van der Waals surface area contributed by atoms with Gasteiger partial charge in [0.1, 0.15) is 0 Å². The molecule has 3 aromatic rings. The van der Waals surface area contributed by atoms with E-state index in [9.17, 15) is 5.11 Å². The number of hydrogen-bond donors (Lipinski definition) is 1. The van der Waals surface area contributed by atoms with E-state index in [2.05, 4.69) is 18.0 Å². The Morgan fingerprint density at radius 2 is 1.75 bits per heavy atom. The largest absolute Gasteiger partial charge is 0.388 e. The number of para-hydroxylation sites is 1. The molecule has 2 nitrogen and oxygen atoms in total. The van der Waals surface area contributed by atoms with Gasteiger partial charge in [0.2, 0.25) is 0 Å². The number of aliphatic hydroxyl groups is 1. The molecule has 0 amide bonds. The highest BCUT2D eigenvalue weighted by Gasteiger charge is 2.18. The lowest BCUT2D eigenvalue weighted by Gasteiger charge is -2.18. The summed E-state index contributed by atoms with van der Waals surface area (Å²) in [5.41, 5.74) is 2.02. The fraction of sp³-hybridized carbons (Fsp3) is 0.235. The number of thiazole rings is 1. The Balaban J connectivity index is 1.76. The topological polar surface area (TPSA) is 33.1 Å². The lowest BCUT2D eigenvalue weighted by atomic mass is 9.95. The van der Waals surface area contributed by atoms with Gasteiger partial charge in [-0.2, -0.15) is 0 Å². The number of benzene rings is 2. The molecule has 1 aromatic heterocycles. The second-order valence-corrected chi connectivity index (χ2v) is 6.23. The summed E-state index contributed by atoms with van der Waals surface area (Å²) in [7, 11) is 0. The summed E-state index contributed by atoms with van der Waals surface area (Å²) in [6, 6.07) is 18.0. The summed E-state index contributed by atoms with van der Waals surface area (Å²) >= 11 is 1.72. The van der Waals surface area contributed by atoms with Crippen LogP contribution in [0.4, 0.5) is 0 Å². The first-order valence-corrected chi connectivity index (χ1v) is 7.63. The van der Waals surface area contributed by atoms with E-state index < -0.39 is 6.10 Å². The summed E-state index contributed by atoms with van der Waals surface area (Å²) in [6.07, 6.45) is 0.360. The van der Waals surface area contributed by atoms with Gasteiger partial charge < -0.3 is 5.11 Å². The number of aliphatic hydroxyl groups excluding tert-OH is 1. The number of aromatic nitrogens is 1. The van der Waals surface area contributed by atoms with Crippen LogP contribution in [0.3, 0.4) is 0 Å². The first kappa shape index (κ1) is 13.3. The average molecular weight is 283 g/mol. The van der Waals surface area contributed by atoms with Crippen LogP contribution in [0.1, 0.15) is 23.6 Å². The molecule has 1 N–H and O–H groups in total. The molecule has 0 aliphatic carbocycles. The zero-order chi connectivity index (χ0) is 13.9. The second-order valence-electron chi connectivity index (χ2n) is 5.11. The minimum atomic E-state index is -0.441. The molecular weight excluding hydrogens is 266 g/mol. The molecule has 3 rings (SSSR count). The highest BCUT2D eigenvalue weighted by atomic mass is 32.1. The molecule has 3 heteroatoms. The van der Waals surface area contributed by atoms with Crippen molar-refractivity contribution in [2.24, 2.45) is 5.92 Å². The maximum absolute atomic E-state index is 10.4. The Hall–Kier alpha value is -1.71. The van der Waals surface area contributed by atoms with Crippen molar-refractivity contribution in [1.82, 2.24) is 4.98 Å². The molecule has 2 atom stereocenters. The normalized spacial score (nSPS) is 14.3. The summed E-state index contributed by atoms with van der Waals surface area (Å²) in [5, 5.41) is 11.5. The van der Waals surface area contributed by atoms with Crippen LogP contribution in [-0.2, 0) is 6.42 Å². The van der Waals surface area contributed by atoms with Crippen LogP contribution in [0.25, 0.3) is 10.2 Å². The smallest absolute Gasteiger partial charge is 0.0942 e. The minimum absolute atomic E-state index is 0.151. The Labute approximate surface area is 122 Å². The van der Waals surface area contributed by atoms with Gasteiger partial charge in [-0.3, -0.25) is 0 Å². The third kappa shape index (κ3) is 2.74. The zero-order valence-electron chi connectivity index (χ0n) is 11.4. The van der Waals surface area contributed by atoms with Crippen molar-refractivity contribution in [2.45, 2.75) is 19.4 Å². The van der Waals surface area contributed by atoms with Crippen molar-refractivity contribution in [3.05, 3.63) is 65.2 Å². The molecule has 0 saturated carbocycles. The summed E-state index contributed by atoms with van der Waals surface area (Å²) in [4.78, 5) is 4.64. The third-order valence-electron chi connectivity index (χ3n) is 3.51. The number of hydrogen-bond acceptors (Lipinski definition) is 3. The fourth-order valence-corrected chi connectivity index (χ4v) is 3.48. The Morgan fingerprint density at radius 3 is 2.50 bits per heavy atom. The highest BCUT2D eigenvalue weighted by molar-refractivity contribution is 7.18. The van der Waals surface area contributed by atoms with Crippen molar-refractivity contribution in [1.29, 1.82) is 0 Å². The van der Waals surface area contributed by atoms with Crippen LogP contribution < -0.4 is 0 Å². The van der Waals surface area contributed by atoms with Crippen LogP contribution in [0, 0.1) is 5.92 Å². The van der Waals surface area contributed by atoms with E-state index in [1.807, 2.05) is 48.5 Å². The van der Waals surface area contributed by atoms with Gasteiger partial charge >= 0.3 is 0 Å². The van der Waals surface area contributed by atoms with E-state index >= 15 is 0 Å². The molecular formula is C17H17NOS. The van der Waals surface area contributed by atoms with Crippen molar-refractivity contribution in [3.63, 3.8) is 0 Å². The highest BCUT2D eigenvalue weighted by Crippen LogP contribution is 2.28. The van der Waals surface area contributed by atoms with Gasteiger partial charge in [0, 0.05) is 6.42 Å². The maximum atomic E-state index is 10.4. The molecule has 0 aliphatic rings. The second kappa shape index (κ2) is 5.73. The van der Waals surface area contributed by atoms with Crippen LogP contribution in [0.2, 0.25) is 0 Å². The molecule has 0 spiro atoms. The van der Waals surface area contributed by atoms with Gasteiger partial charge in [0.15, 0.2) is 0 Å². The summed E-state index contributed by atoms with van der Waals surface area (Å²) in [5.74, 6) is 0.151. The lowest BCUT2D eigenvalue weighted by Crippen LogP contribution is -2.11. The first-order valence-electron chi connectivity index (χ1n) is 6.81. The van der Waals surface area contributed by atoms with Crippen molar-refractivity contribution in [2.75, 3.05) is 0 Å². The molecule has 20 heavy (non-hydrogen) atoms. The molecule has 0 aliphatic heterocycles. The van der Waals surface area contributed by atoms with Gasteiger partial charge in [0.05, 0.1) is 21.3 Å². The van der Waals surface area contributed by atoms with Crippen LogP contribution in [-0.4, -0.2) is 10.1 Å². The predicted molar refractivity (Wildman–Crippen MR) is 83.9 cm³/mol. The monoisotopic (exact) mass is 283 g/mol. The van der Waals surface area contributed by atoms with E-state index in [0.717, 1.165) is 22.5 Å². The molecule has 0 fully saturated rings. The number of fused-ring (bicyclic) bond motifs is 1. The summed E-state index contributed by atoms with van der Waals surface area (Å²) < 4.78 is 1.21. The van der Waals surface area contributed by atoms with Gasteiger partial charge in [-0.15, -0.1) is 11.3 Å². The third-order valence-corrected chi connectivity index (χ3v) is 4.57. The molecule has 2 aromatic carbocycles. The Bertz CT molecular complexity index is 659. The predicted octanol–water partition coefficient (Wildman–Crippen LogP) is 4.21. The van der Waals surface area contributed by atoms with Crippen molar-refractivity contribution >= 4 is 21.6 Å².